The van der Waals surface area contributed by atoms with E-state index in [-0.39, 0.29) is 15.8 Å². The fourth-order valence-electron chi connectivity index (χ4n) is 1.68. The van der Waals surface area contributed by atoms with Crippen molar-refractivity contribution in [2.45, 2.75) is 6.92 Å². The number of nitrogens with one attached hydrogen (secondary N) is 1. The van der Waals surface area contributed by atoms with Gasteiger partial charge in [-0.25, -0.2) is 8.78 Å². The molecule has 20 heavy (non-hydrogen) atoms. The van der Waals surface area contributed by atoms with Gasteiger partial charge in [-0.05, 0) is 36.8 Å². The molecule has 0 spiro atoms. The highest BCUT2D eigenvalue weighted by atomic mass is 79.9. The fourth-order valence-corrected chi connectivity index (χ4v) is 2.08. The van der Waals surface area contributed by atoms with E-state index < -0.39 is 23.2 Å². The lowest BCUT2D eigenvalue weighted by molar-refractivity contribution is 0.102. The number of halogens is 3. The average molecular weight is 342 g/mol. The summed E-state index contributed by atoms with van der Waals surface area (Å²) in [6.45, 7) is 1.75. The van der Waals surface area contributed by atoms with E-state index in [1.165, 1.54) is 12.1 Å². The normalized spacial score (nSPS) is 10.4. The van der Waals surface area contributed by atoms with Crippen molar-refractivity contribution in [2.75, 3.05) is 5.32 Å². The summed E-state index contributed by atoms with van der Waals surface area (Å²) < 4.78 is 27.4. The first-order valence-corrected chi connectivity index (χ1v) is 6.43. The number of phenolic OH excluding ortho intramolecular Hbond substituents is 1. The van der Waals surface area contributed by atoms with Gasteiger partial charge in [0.05, 0.1) is 5.56 Å². The molecule has 0 radical (unpaired) electrons. The first-order chi connectivity index (χ1) is 9.38. The molecule has 2 N–H and O–H groups in total. The Kier molecular flexibility index (Phi) is 4.04. The van der Waals surface area contributed by atoms with Crippen molar-refractivity contribution < 1.29 is 18.7 Å². The Balaban J connectivity index is 2.33. The van der Waals surface area contributed by atoms with Gasteiger partial charge in [-0.3, -0.25) is 4.79 Å². The van der Waals surface area contributed by atoms with Crippen molar-refractivity contribution in [3.8, 4) is 5.75 Å². The minimum Gasteiger partial charge on any atom is -0.507 e. The summed E-state index contributed by atoms with van der Waals surface area (Å²) >= 11 is 2.95. The van der Waals surface area contributed by atoms with Gasteiger partial charge in [0, 0.05) is 4.47 Å². The van der Waals surface area contributed by atoms with Gasteiger partial charge < -0.3 is 10.4 Å². The number of hydrogen-bond acceptors (Lipinski definition) is 2. The third-order valence-electron chi connectivity index (χ3n) is 2.64. The van der Waals surface area contributed by atoms with Crippen LogP contribution < -0.4 is 5.32 Å². The van der Waals surface area contributed by atoms with Crippen LogP contribution in [-0.4, -0.2) is 11.0 Å². The van der Waals surface area contributed by atoms with Crippen LogP contribution in [0.1, 0.15) is 15.9 Å². The molecule has 2 rings (SSSR count). The number of carbonyl (C=O) groups is 1. The van der Waals surface area contributed by atoms with Gasteiger partial charge in [0.15, 0.2) is 11.6 Å². The Labute approximate surface area is 122 Å². The molecule has 3 nitrogen and oxygen atoms in total. The van der Waals surface area contributed by atoms with E-state index in [1.807, 2.05) is 0 Å². The molecule has 104 valence electrons. The zero-order valence-corrected chi connectivity index (χ0v) is 12.0. The highest BCUT2D eigenvalue weighted by Gasteiger charge is 2.17. The molecule has 0 bridgehead atoms. The molecule has 2 aromatic rings. The molecule has 0 aliphatic rings. The minimum atomic E-state index is -0.906. The second-order valence-corrected chi connectivity index (χ2v) is 5.13. The van der Waals surface area contributed by atoms with Crippen LogP contribution in [0.25, 0.3) is 0 Å². The standard InChI is InChI=1S/C14H10BrF2NO2/c1-7-2-3-9(12(19)4-7)14(20)18-13-10(16)5-8(15)6-11(13)17/h2-6,19H,1H3,(H,18,20). The predicted molar refractivity (Wildman–Crippen MR) is 74.9 cm³/mol. The molecule has 2 aromatic carbocycles. The molecule has 0 saturated carbocycles. The third kappa shape index (κ3) is 2.96. The average Bonchev–Trinajstić information content (AvgIpc) is 2.33. The van der Waals surface area contributed by atoms with Crippen LogP contribution in [0.2, 0.25) is 0 Å². The molecular formula is C14H10BrF2NO2. The van der Waals surface area contributed by atoms with E-state index in [2.05, 4.69) is 21.2 Å². The van der Waals surface area contributed by atoms with Gasteiger partial charge in [-0.1, -0.05) is 22.0 Å². The van der Waals surface area contributed by atoms with Crippen LogP contribution in [-0.2, 0) is 0 Å². The van der Waals surface area contributed by atoms with E-state index in [1.54, 1.807) is 13.0 Å². The number of carbonyl (C=O) groups excluding carboxylic acids is 1. The Morgan fingerprint density at radius 1 is 1.20 bits per heavy atom. The number of benzene rings is 2. The monoisotopic (exact) mass is 341 g/mol. The summed E-state index contributed by atoms with van der Waals surface area (Å²) in [5.74, 6) is -2.85. The molecule has 0 aliphatic heterocycles. The fraction of sp³-hybridized carbons (Fsp3) is 0.0714. The molecule has 0 aromatic heterocycles. The van der Waals surface area contributed by atoms with E-state index in [9.17, 15) is 18.7 Å². The summed E-state index contributed by atoms with van der Waals surface area (Å²) in [6.07, 6.45) is 0. The first kappa shape index (κ1) is 14.5. The van der Waals surface area contributed by atoms with Gasteiger partial charge in [0.2, 0.25) is 0 Å². The second-order valence-electron chi connectivity index (χ2n) is 4.22. The van der Waals surface area contributed by atoms with E-state index in [0.29, 0.717) is 0 Å². The van der Waals surface area contributed by atoms with Gasteiger partial charge >= 0.3 is 0 Å². The molecule has 0 aliphatic carbocycles. The number of phenols is 1. The van der Waals surface area contributed by atoms with E-state index in [0.717, 1.165) is 17.7 Å². The van der Waals surface area contributed by atoms with Crippen LogP contribution in [0.4, 0.5) is 14.5 Å². The van der Waals surface area contributed by atoms with Crippen molar-refractivity contribution in [2.24, 2.45) is 0 Å². The first-order valence-electron chi connectivity index (χ1n) is 5.64. The zero-order chi connectivity index (χ0) is 14.9. The van der Waals surface area contributed by atoms with Crippen LogP contribution in [0.3, 0.4) is 0 Å². The Bertz CT molecular complexity index is 666. The summed E-state index contributed by atoms with van der Waals surface area (Å²) in [4.78, 5) is 11.9. The molecule has 0 fully saturated rings. The number of aryl methyl sites for hydroxylation is 1. The summed E-state index contributed by atoms with van der Waals surface area (Å²) in [6, 6.07) is 6.46. The maximum atomic E-state index is 13.6. The maximum Gasteiger partial charge on any atom is 0.259 e. The summed E-state index contributed by atoms with van der Waals surface area (Å²) in [5, 5.41) is 11.8. The number of hydrogen-bond donors (Lipinski definition) is 2. The molecule has 1 amide bonds. The Hall–Kier alpha value is -1.95. The highest BCUT2D eigenvalue weighted by Crippen LogP contribution is 2.26. The predicted octanol–water partition coefficient (Wildman–Crippen LogP) is 3.99. The highest BCUT2D eigenvalue weighted by molar-refractivity contribution is 9.10. The second kappa shape index (κ2) is 5.58. The number of aromatic hydroxyl groups is 1. The largest absolute Gasteiger partial charge is 0.507 e. The molecular weight excluding hydrogens is 332 g/mol. The lowest BCUT2D eigenvalue weighted by atomic mass is 10.1. The van der Waals surface area contributed by atoms with Gasteiger partial charge in [-0.15, -0.1) is 0 Å². The summed E-state index contributed by atoms with van der Waals surface area (Å²) in [7, 11) is 0. The van der Waals surface area contributed by atoms with Crippen molar-refractivity contribution in [1.82, 2.24) is 0 Å². The number of anilines is 1. The maximum absolute atomic E-state index is 13.6. The molecule has 0 atom stereocenters. The SMILES string of the molecule is Cc1ccc(C(=O)Nc2c(F)cc(Br)cc2F)c(O)c1. The van der Waals surface area contributed by atoms with Crippen molar-refractivity contribution in [1.29, 1.82) is 0 Å². The number of amides is 1. The van der Waals surface area contributed by atoms with E-state index >= 15 is 0 Å². The lowest BCUT2D eigenvalue weighted by Gasteiger charge is -2.09. The van der Waals surface area contributed by atoms with Crippen LogP contribution >= 0.6 is 15.9 Å². The van der Waals surface area contributed by atoms with Crippen molar-refractivity contribution in [3.05, 3.63) is 57.6 Å². The topological polar surface area (TPSA) is 49.3 Å². The van der Waals surface area contributed by atoms with Crippen molar-refractivity contribution >= 4 is 27.5 Å². The quantitative estimate of drug-likeness (QED) is 0.867. The zero-order valence-electron chi connectivity index (χ0n) is 10.4. The number of rotatable bonds is 2. The van der Waals surface area contributed by atoms with Gasteiger partial charge in [-0.2, -0.15) is 0 Å². The van der Waals surface area contributed by atoms with Crippen LogP contribution in [0, 0.1) is 18.6 Å². The van der Waals surface area contributed by atoms with Crippen molar-refractivity contribution in [3.63, 3.8) is 0 Å². The molecule has 0 saturated heterocycles. The molecule has 6 heteroatoms. The van der Waals surface area contributed by atoms with Gasteiger partial charge in [0.25, 0.3) is 5.91 Å². The van der Waals surface area contributed by atoms with E-state index in [4.69, 9.17) is 0 Å². The van der Waals surface area contributed by atoms with Gasteiger partial charge in [0.1, 0.15) is 11.4 Å². The Morgan fingerprint density at radius 2 is 1.80 bits per heavy atom. The minimum absolute atomic E-state index is 0.0580. The molecule has 0 unspecified atom stereocenters. The third-order valence-corrected chi connectivity index (χ3v) is 3.10. The summed E-state index contributed by atoms with van der Waals surface area (Å²) in [5.41, 5.74) is 0.149. The molecule has 0 heterocycles. The van der Waals surface area contributed by atoms with Crippen LogP contribution in [0.15, 0.2) is 34.8 Å². The lowest BCUT2D eigenvalue weighted by Crippen LogP contribution is -2.14. The Morgan fingerprint density at radius 3 is 2.35 bits per heavy atom. The van der Waals surface area contributed by atoms with Crippen LogP contribution in [0.5, 0.6) is 5.75 Å². The smallest absolute Gasteiger partial charge is 0.259 e.